The summed E-state index contributed by atoms with van der Waals surface area (Å²) >= 11 is 12.4. The maximum atomic E-state index is 13.3. The van der Waals surface area contributed by atoms with Crippen LogP contribution in [0.1, 0.15) is 17.4 Å². The third kappa shape index (κ3) is 7.75. The molecule has 0 heterocycles. The van der Waals surface area contributed by atoms with Gasteiger partial charge in [-0.2, -0.15) is 0 Å². The van der Waals surface area contributed by atoms with Crippen LogP contribution in [0.25, 0.3) is 0 Å². The lowest BCUT2D eigenvalue weighted by Crippen LogP contribution is -2.37. The first kappa shape index (κ1) is 27.0. The Hall–Kier alpha value is -4.00. The summed E-state index contributed by atoms with van der Waals surface area (Å²) in [6, 6.07) is 32.5. The summed E-state index contributed by atoms with van der Waals surface area (Å²) in [6.45, 7) is 0.703. The van der Waals surface area contributed by atoms with Crippen molar-refractivity contribution in [3.8, 4) is 11.5 Å². The van der Waals surface area contributed by atoms with Gasteiger partial charge in [-0.1, -0.05) is 66.2 Å². The van der Waals surface area contributed by atoms with Crippen molar-refractivity contribution in [2.24, 2.45) is 0 Å². The molecule has 194 valence electrons. The fourth-order valence-electron chi connectivity index (χ4n) is 3.74. The molecule has 38 heavy (non-hydrogen) atoms. The molecule has 0 aliphatic carbocycles. The molecule has 6 nitrogen and oxygen atoms in total. The molecule has 4 aromatic carbocycles. The Morgan fingerprint density at radius 1 is 0.816 bits per heavy atom. The molecule has 1 unspecified atom stereocenters. The van der Waals surface area contributed by atoms with Gasteiger partial charge in [0.25, 0.3) is 0 Å². The van der Waals surface area contributed by atoms with Gasteiger partial charge in [0.15, 0.2) is 0 Å². The number of urea groups is 1. The van der Waals surface area contributed by atoms with Gasteiger partial charge >= 0.3 is 6.03 Å². The molecule has 3 amide bonds. The maximum absolute atomic E-state index is 13.3. The number of alkyl halides is 1. The number of ether oxygens (including phenoxy) is 1. The highest BCUT2D eigenvalue weighted by Crippen LogP contribution is 2.26. The summed E-state index contributed by atoms with van der Waals surface area (Å²) in [5, 5.41) is 5.48. The number of carbonyl (C=O) groups is 2. The predicted molar refractivity (Wildman–Crippen MR) is 153 cm³/mol. The molecule has 1 atom stereocenters. The zero-order valence-electron chi connectivity index (χ0n) is 20.5. The van der Waals surface area contributed by atoms with Gasteiger partial charge in [-0.15, -0.1) is 11.6 Å². The number of anilines is 2. The van der Waals surface area contributed by atoms with Crippen molar-refractivity contribution < 1.29 is 14.3 Å². The molecule has 0 radical (unpaired) electrons. The molecule has 0 aliphatic rings. The van der Waals surface area contributed by atoms with Crippen molar-refractivity contribution in [1.82, 2.24) is 5.32 Å². The number of hydrogen-bond donors (Lipinski definition) is 2. The number of carbonyl (C=O) groups excluding carboxylic acids is 2. The summed E-state index contributed by atoms with van der Waals surface area (Å²) in [5.41, 5.74) is 1.99. The van der Waals surface area contributed by atoms with Crippen LogP contribution < -0.4 is 20.3 Å². The molecule has 4 rings (SSSR count). The first-order valence-corrected chi connectivity index (χ1v) is 12.9. The van der Waals surface area contributed by atoms with E-state index in [9.17, 15) is 9.59 Å². The Kier molecular flexibility index (Phi) is 9.62. The van der Waals surface area contributed by atoms with Crippen LogP contribution >= 0.6 is 23.2 Å². The van der Waals surface area contributed by atoms with Crippen molar-refractivity contribution in [3.05, 3.63) is 120 Å². The first-order valence-electron chi connectivity index (χ1n) is 12.1. The van der Waals surface area contributed by atoms with E-state index in [0.717, 1.165) is 11.3 Å². The summed E-state index contributed by atoms with van der Waals surface area (Å²) in [6.07, 6.45) is 0.509. The first-order chi connectivity index (χ1) is 18.5. The number of halogens is 2. The fourth-order valence-corrected chi connectivity index (χ4v) is 4.15. The summed E-state index contributed by atoms with van der Waals surface area (Å²) in [4.78, 5) is 27.3. The van der Waals surface area contributed by atoms with Crippen LogP contribution in [0.3, 0.4) is 0 Å². The Bertz CT molecular complexity index is 1340. The van der Waals surface area contributed by atoms with Gasteiger partial charge < -0.3 is 15.4 Å². The summed E-state index contributed by atoms with van der Waals surface area (Å²) in [5.74, 6) is 1.09. The van der Waals surface area contributed by atoms with Crippen LogP contribution in [-0.4, -0.2) is 25.0 Å². The monoisotopic (exact) mass is 547 g/mol. The van der Waals surface area contributed by atoms with Gasteiger partial charge in [0, 0.05) is 29.5 Å². The average molecular weight is 548 g/mol. The molecule has 4 aromatic rings. The third-order valence-electron chi connectivity index (χ3n) is 5.63. The van der Waals surface area contributed by atoms with Gasteiger partial charge in [0.2, 0.25) is 5.91 Å². The molecule has 0 aromatic heterocycles. The molecular formula is C30H27Cl2N3O3. The quantitative estimate of drug-likeness (QED) is 0.158. The van der Waals surface area contributed by atoms with E-state index < -0.39 is 5.38 Å². The van der Waals surface area contributed by atoms with E-state index in [1.54, 1.807) is 29.2 Å². The molecule has 0 spiro atoms. The number of benzene rings is 4. The van der Waals surface area contributed by atoms with Gasteiger partial charge in [-0.3, -0.25) is 9.69 Å². The normalized spacial score (nSPS) is 11.3. The van der Waals surface area contributed by atoms with E-state index in [1.807, 2.05) is 84.9 Å². The third-order valence-corrected chi connectivity index (χ3v) is 6.31. The highest BCUT2D eigenvalue weighted by molar-refractivity contribution is 6.31. The van der Waals surface area contributed by atoms with Gasteiger partial charge in [-0.25, -0.2) is 4.79 Å². The fraction of sp³-hybridized carbons (Fsp3) is 0.133. The Morgan fingerprint density at radius 3 is 2.16 bits per heavy atom. The highest BCUT2D eigenvalue weighted by Gasteiger charge is 2.19. The van der Waals surface area contributed by atoms with Crippen LogP contribution in [0.2, 0.25) is 5.02 Å². The van der Waals surface area contributed by atoms with Crippen LogP contribution in [0.15, 0.2) is 109 Å². The van der Waals surface area contributed by atoms with E-state index >= 15 is 0 Å². The Morgan fingerprint density at radius 2 is 1.47 bits per heavy atom. The number of nitrogens with one attached hydrogen (secondary N) is 2. The zero-order chi connectivity index (χ0) is 26.7. The van der Waals surface area contributed by atoms with E-state index in [4.69, 9.17) is 27.9 Å². The van der Waals surface area contributed by atoms with Crippen molar-refractivity contribution >= 4 is 46.5 Å². The standard InChI is InChI=1S/C30H27Cl2N3O3/c31-23-11-7-12-24(21-23)34-30(37)35(20-8-19-33-29(36)28(32)22-9-3-1-4-10-22)25-15-17-27(18-16-25)38-26-13-5-2-6-14-26/h1-7,9-18,21,28H,8,19-20H2,(H,33,36)(H,34,37). The minimum absolute atomic E-state index is 0.282. The lowest BCUT2D eigenvalue weighted by atomic mass is 10.1. The minimum Gasteiger partial charge on any atom is -0.457 e. The molecular weight excluding hydrogens is 521 g/mol. The average Bonchev–Trinajstić information content (AvgIpc) is 2.94. The Labute approximate surface area is 232 Å². The summed E-state index contributed by atoms with van der Waals surface area (Å²) < 4.78 is 5.87. The second-order valence-corrected chi connectivity index (χ2v) is 9.29. The van der Waals surface area contributed by atoms with Crippen molar-refractivity contribution in [2.75, 3.05) is 23.3 Å². The maximum Gasteiger partial charge on any atom is 0.326 e. The van der Waals surface area contributed by atoms with E-state index in [0.29, 0.717) is 41.7 Å². The van der Waals surface area contributed by atoms with Crippen LogP contribution in [0.4, 0.5) is 16.2 Å². The number of amides is 3. The lowest BCUT2D eigenvalue weighted by Gasteiger charge is -2.24. The largest absolute Gasteiger partial charge is 0.457 e. The summed E-state index contributed by atoms with van der Waals surface area (Å²) in [7, 11) is 0. The number of para-hydroxylation sites is 1. The van der Waals surface area contributed by atoms with Crippen molar-refractivity contribution in [2.45, 2.75) is 11.8 Å². The van der Waals surface area contributed by atoms with Crippen LogP contribution in [-0.2, 0) is 4.79 Å². The zero-order valence-corrected chi connectivity index (χ0v) is 22.0. The molecule has 0 saturated carbocycles. The number of hydrogen-bond acceptors (Lipinski definition) is 3. The van der Waals surface area contributed by atoms with Gasteiger partial charge in [0.1, 0.15) is 16.9 Å². The molecule has 8 heteroatoms. The molecule has 0 bridgehead atoms. The van der Waals surface area contributed by atoms with Crippen LogP contribution in [0, 0.1) is 0 Å². The lowest BCUT2D eigenvalue weighted by molar-refractivity contribution is -0.120. The second-order valence-electron chi connectivity index (χ2n) is 8.42. The minimum atomic E-state index is -0.782. The highest BCUT2D eigenvalue weighted by atomic mass is 35.5. The van der Waals surface area contributed by atoms with Crippen LogP contribution in [0.5, 0.6) is 11.5 Å². The molecule has 0 fully saturated rings. The van der Waals surface area contributed by atoms with E-state index in [1.165, 1.54) is 0 Å². The molecule has 0 saturated heterocycles. The number of nitrogens with zero attached hydrogens (tertiary/aromatic N) is 1. The van der Waals surface area contributed by atoms with Crippen molar-refractivity contribution in [1.29, 1.82) is 0 Å². The second kappa shape index (κ2) is 13.5. The SMILES string of the molecule is O=C(NCCCN(C(=O)Nc1cccc(Cl)c1)c1ccc(Oc2ccccc2)cc1)C(Cl)c1ccccc1. The van der Waals surface area contributed by atoms with E-state index in [-0.39, 0.29) is 11.9 Å². The van der Waals surface area contributed by atoms with Gasteiger partial charge in [-0.05, 0) is 66.6 Å². The Balaban J connectivity index is 1.41. The molecule has 0 aliphatic heterocycles. The molecule has 2 N–H and O–H groups in total. The number of rotatable bonds is 10. The van der Waals surface area contributed by atoms with E-state index in [2.05, 4.69) is 10.6 Å². The smallest absolute Gasteiger partial charge is 0.326 e. The predicted octanol–water partition coefficient (Wildman–Crippen LogP) is 7.66. The van der Waals surface area contributed by atoms with Gasteiger partial charge in [0.05, 0.1) is 0 Å². The van der Waals surface area contributed by atoms with Crippen molar-refractivity contribution in [3.63, 3.8) is 0 Å². The topological polar surface area (TPSA) is 70.7 Å².